The maximum Gasteiger partial charge on any atom is 0.326 e. The average molecular weight is 723 g/mol. The molecule has 49 heavy (non-hydrogen) atoms. The summed E-state index contributed by atoms with van der Waals surface area (Å²) in [4.78, 5) is 27.1. The Hall–Kier alpha value is -2.44. The molecule has 1 aliphatic carbocycles. The maximum atomic E-state index is 13.2. The standard InChI is InChI=1S/C25H32N2O6S.C8H16O.C3H8S.C2H6/c1-17-6-4-5-7-20(17)22-14-18(15-27-12-10-19(16-27)33-2)8-9-21(22)24(28)26-23(25(29)30)11-13-34(3,31)32;1-9-7-8-5-3-2-4-6-8;1-3-4-2;1-2/h4-9,14,19,23H,10-13,15-16H2,1-3H3,(H,26,28)(H,29,30);8H,2-7H2,1H3;3H2,1-2H3;1-2H3. The van der Waals surface area contributed by atoms with Gasteiger partial charge >= 0.3 is 5.97 Å². The first-order valence-electron chi connectivity index (χ1n) is 17.6. The number of likely N-dealkylation sites (tertiary alicyclic amines) is 1. The van der Waals surface area contributed by atoms with Gasteiger partial charge in [-0.1, -0.05) is 70.4 Å². The molecule has 1 amide bonds. The molecule has 2 unspecified atom stereocenters. The Balaban J connectivity index is 0.000000665. The van der Waals surface area contributed by atoms with Crippen LogP contribution >= 0.6 is 11.8 Å². The fraction of sp³-hybridized carbons (Fsp3) is 0.632. The van der Waals surface area contributed by atoms with Crippen molar-refractivity contribution in [2.24, 2.45) is 5.92 Å². The normalized spacial score (nSPS) is 16.9. The molecule has 2 aromatic rings. The van der Waals surface area contributed by atoms with E-state index in [0.717, 1.165) is 55.0 Å². The van der Waals surface area contributed by atoms with Crippen molar-refractivity contribution < 1.29 is 32.6 Å². The number of hydrogen-bond donors (Lipinski definition) is 2. The Morgan fingerprint density at radius 2 is 1.69 bits per heavy atom. The van der Waals surface area contributed by atoms with Crippen LogP contribution in [-0.2, 0) is 30.7 Å². The Bertz CT molecular complexity index is 1340. The number of ether oxygens (including phenoxy) is 2. The van der Waals surface area contributed by atoms with Crippen molar-refractivity contribution in [2.75, 3.05) is 57.9 Å². The van der Waals surface area contributed by atoms with Crippen LogP contribution in [0.5, 0.6) is 0 Å². The van der Waals surface area contributed by atoms with Crippen LogP contribution in [0.2, 0.25) is 0 Å². The quantitative estimate of drug-likeness (QED) is 0.223. The van der Waals surface area contributed by atoms with Gasteiger partial charge in [0.2, 0.25) is 0 Å². The molecule has 2 aliphatic rings. The monoisotopic (exact) mass is 722 g/mol. The summed E-state index contributed by atoms with van der Waals surface area (Å²) in [6, 6.07) is 12.0. The molecule has 0 aromatic heterocycles. The van der Waals surface area contributed by atoms with Gasteiger partial charge < -0.3 is 19.9 Å². The highest BCUT2D eigenvalue weighted by Gasteiger charge is 2.25. The van der Waals surface area contributed by atoms with Gasteiger partial charge in [0.1, 0.15) is 15.9 Å². The van der Waals surface area contributed by atoms with Crippen molar-refractivity contribution >= 4 is 33.5 Å². The third-order valence-corrected chi connectivity index (χ3v) is 10.1. The molecule has 11 heteroatoms. The molecule has 1 saturated heterocycles. The number of thioether (sulfide) groups is 1. The number of carboxylic acid groups (broad SMARTS) is 1. The van der Waals surface area contributed by atoms with Crippen molar-refractivity contribution in [1.82, 2.24) is 10.2 Å². The Kier molecular flexibility index (Phi) is 22.4. The summed E-state index contributed by atoms with van der Waals surface area (Å²) < 4.78 is 33.5. The Labute approximate surface area is 300 Å². The Morgan fingerprint density at radius 1 is 1.04 bits per heavy atom. The molecule has 0 radical (unpaired) electrons. The first-order valence-corrected chi connectivity index (χ1v) is 21.0. The van der Waals surface area contributed by atoms with E-state index in [1.807, 2.05) is 68.9 Å². The van der Waals surface area contributed by atoms with Crippen LogP contribution in [0.15, 0.2) is 42.5 Å². The lowest BCUT2D eigenvalue weighted by atomic mass is 9.90. The van der Waals surface area contributed by atoms with E-state index < -0.39 is 27.8 Å². The second kappa shape index (κ2) is 24.7. The number of carbonyl (C=O) groups is 2. The van der Waals surface area contributed by atoms with Crippen molar-refractivity contribution in [2.45, 2.75) is 91.3 Å². The van der Waals surface area contributed by atoms with Crippen LogP contribution in [0.3, 0.4) is 0 Å². The Morgan fingerprint density at radius 3 is 2.22 bits per heavy atom. The van der Waals surface area contributed by atoms with E-state index in [2.05, 4.69) is 23.4 Å². The first kappa shape index (κ1) is 44.6. The van der Waals surface area contributed by atoms with Crippen LogP contribution in [0.4, 0.5) is 0 Å². The molecule has 0 spiro atoms. The molecule has 278 valence electrons. The number of aryl methyl sites for hydroxylation is 1. The summed E-state index contributed by atoms with van der Waals surface area (Å²) in [5.41, 5.74) is 3.97. The van der Waals surface area contributed by atoms with Crippen LogP contribution in [0, 0.1) is 12.8 Å². The van der Waals surface area contributed by atoms with Gasteiger partial charge in [0.05, 0.1) is 11.9 Å². The summed E-state index contributed by atoms with van der Waals surface area (Å²) in [6.07, 6.45) is 11.2. The molecule has 1 saturated carbocycles. The van der Waals surface area contributed by atoms with Crippen LogP contribution in [0.25, 0.3) is 11.1 Å². The number of sulfone groups is 1. The number of carboxylic acids is 1. The molecule has 1 heterocycles. The maximum absolute atomic E-state index is 13.2. The minimum Gasteiger partial charge on any atom is -0.480 e. The zero-order valence-corrected chi connectivity index (χ0v) is 32.8. The van der Waals surface area contributed by atoms with Gasteiger partial charge in [-0.3, -0.25) is 9.69 Å². The number of nitrogens with zero attached hydrogens (tertiary/aromatic N) is 1. The van der Waals surface area contributed by atoms with E-state index >= 15 is 0 Å². The second-order valence-electron chi connectivity index (χ2n) is 12.4. The predicted molar refractivity (Wildman–Crippen MR) is 204 cm³/mol. The van der Waals surface area contributed by atoms with E-state index in [1.165, 1.54) is 37.9 Å². The predicted octanol–water partition coefficient (Wildman–Crippen LogP) is 7.11. The number of rotatable bonds is 13. The third-order valence-electron chi connectivity index (χ3n) is 8.53. The molecule has 4 rings (SSSR count). The van der Waals surface area contributed by atoms with Crippen molar-refractivity contribution in [3.8, 4) is 11.1 Å². The molecule has 2 atom stereocenters. The zero-order chi connectivity index (χ0) is 36.8. The highest BCUT2D eigenvalue weighted by Crippen LogP contribution is 2.29. The molecular formula is C38H62N2O7S2. The van der Waals surface area contributed by atoms with Crippen LogP contribution < -0.4 is 5.32 Å². The smallest absolute Gasteiger partial charge is 0.326 e. The number of aliphatic carboxylic acids is 1. The largest absolute Gasteiger partial charge is 0.480 e. The fourth-order valence-corrected chi connectivity index (χ4v) is 6.46. The minimum atomic E-state index is -3.36. The number of methoxy groups -OCH3 is 2. The van der Waals surface area contributed by atoms with Gasteiger partial charge in [-0.15, -0.1) is 0 Å². The first-order chi connectivity index (χ1) is 23.4. The summed E-state index contributed by atoms with van der Waals surface area (Å²) in [5, 5.41) is 12.0. The van der Waals surface area contributed by atoms with Crippen LogP contribution in [-0.4, -0.2) is 100 Å². The van der Waals surface area contributed by atoms with Crippen molar-refractivity contribution in [3.63, 3.8) is 0 Å². The minimum absolute atomic E-state index is 0.201. The molecule has 1 aliphatic heterocycles. The summed E-state index contributed by atoms with van der Waals surface area (Å²) >= 11 is 1.86. The second-order valence-corrected chi connectivity index (χ2v) is 15.8. The number of hydrogen-bond acceptors (Lipinski definition) is 8. The molecule has 2 aromatic carbocycles. The van der Waals surface area contributed by atoms with Gasteiger partial charge in [0, 0.05) is 52.3 Å². The van der Waals surface area contributed by atoms with Gasteiger partial charge in [-0.05, 0) is 84.9 Å². The van der Waals surface area contributed by atoms with Gasteiger partial charge in [-0.2, -0.15) is 11.8 Å². The van der Waals surface area contributed by atoms with Crippen LogP contribution in [0.1, 0.15) is 87.2 Å². The topological polar surface area (TPSA) is 122 Å². The number of nitrogens with one attached hydrogen (secondary N) is 1. The van der Waals surface area contributed by atoms with E-state index in [1.54, 1.807) is 20.3 Å². The van der Waals surface area contributed by atoms with Crippen molar-refractivity contribution in [1.29, 1.82) is 0 Å². The number of benzene rings is 2. The van der Waals surface area contributed by atoms with E-state index in [0.29, 0.717) is 17.7 Å². The molecule has 2 fully saturated rings. The summed E-state index contributed by atoms with van der Waals surface area (Å²) in [7, 11) is 0.159. The van der Waals surface area contributed by atoms with E-state index in [9.17, 15) is 23.1 Å². The highest BCUT2D eigenvalue weighted by molar-refractivity contribution is 7.98. The van der Waals surface area contributed by atoms with Crippen molar-refractivity contribution in [3.05, 3.63) is 59.2 Å². The van der Waals surface area contributed by atoms with Gasteiger partial charge in [0.25, 0.3) is 5.91 Å². The summed E-state index contributed by atoms with van der Waals surface area (Å²) in [5.74, 6) is -0.0329. The SMILES string of the molecule is CC.CCSC.COC1CCN(Cc2ccc(C(=O)NC(CCS(C)(=O)=O)C(=O)O)c(-c3ccccc3C)c2)C1.COCC1CCCCC1. The summed E-state index contributed by atoms with van der Waals surface area (Å²) in [6.45, 7) is 11.6. The highest BCUT2D eigenvalue weighted by atomic mass is 32.2. The lowest BCUT2D eigenvalue weighted by Crippen LogP contribution is -2.42. The molecule has 2 N–H and O–H groups in total. The lowest BCUT2D eigenvalue weighted by Gasteiger charge is -2.19. The lowest BCUT2D eigenvalue weighted by molar-refractivity contribution is -0.139. The van der Waals surface area contributed by atoms with Gasteiger partial charge in [-0.25, -0.2) is 13.2 Å². The zero-order valence-electron chi connectivity index (χ0n) is 31.1. The molecular weight excluding hydrogens is 661 g/mol. The third kappa shape index (κ3) is 17.4. The van der Waals surface area contributed by atoms with E-state index in [-0.39, 0.29) is 18.3 Å². The number of carbonyl (C=O) groups excluding carboxylic acids is 1. The van der Waals surface area contributed by atoms with E-state index in [4.69, 9.17) is 9.47 Å². The van der Waals surface area contributed by atoms with Gasteiger partial charge in [0.15, 0.2) is 0 Å². The molecule has 9 nitrogen and oxygen atoms in total. The molecule has 0 bridgehead atoms. The average Bonchev–Trinajstić information content (AvgIpc) is 3.55. The fourth-order valence-electron chi connectivity index (χ4n) is 5.79. The number of amides is 1.